The fourth-order valence-electron chi connectivity index (χ4n) is 1.27. The van der Waals surface area contributed by atoms with Gasteiger partial charge in [0.1, 0.15) is 11.5 Å². The summed E-state index contributed by atoms with van der Waals surface area (Å²) < 4.78 is 17.4. The Morgan fingerprint density at radius 2 is 1.28 bits per heavy atom. The highest BCUT2D eigenvalue weighted by Crippen LogP contribution is 2.38. The van der Waals surface area contributed by atoms with Gasteiger partial charge in [-0.25, -0.2) is 13.2 Å². The Bertz CT molecular complexity index is 739. The Labute approximate surface area is 162 Å². The van der Waals surface area contributed by atoms with Crippen LogP contribution in [-0.2, 0) is 13.2 Å². The Hall–Kier alpha value is -1.52. The lowest BCUT2D eigenvalue weighted by molar-refractivity contribution is -0.130. The van der Waals surface area contributed by atoms with Crippen LogP contribution in [0.15, 0.2) is 55.6 Å². The molecule has 25 heavy (non-hydrogen) atoms. The van der Waals surface area contributed by atoms with Crippen molar-refractivity contribution in [2.75, 3.05) is 0 Å². The minimum absolute atomic E-state index is 0.341. The molecule has 0 fully saturated rings. The number of carbonyl (C=O) groups excluding carboxylic acids is 2. The van der Waals surface area contributed by atoms with Crippen molar-refractivity contribution in [3.05, 3.63) is 47.2 Å². The summed E-state index contributed by atoms with van der Waals surface area (Å²) in [5.74, 6) is -0.00133. The molecule has 0 aliphatic carbocycles. The van der Waals surface area contributed by atoms with Crippen LogP contribution in [-0.4, -0.2) is 11.9 Å². The molecule has 132 valence electrons. The SMILES string of the molecule is C=C(C)C(=O)Oc1csc(SOSc2cc(OC(=O)C(=C)C)cs2)c1. The third-order valence-electron chi connectivity index (χ3n) is 2.45. The largest absolute Gasteiger partial charge is 0.422 e. The quantitative estimate of drug-likeness (QED) is 0.321. The van der Waals surface area contributed by atoms with E-state index in [4.69, 9.17) is 13.1 Å². The second kappa shape index (κ2) is 9.25. The molecule has 5 nitrogen and oxygen atoms in total. The number of ether oxygens (including phenoxy) is 2. The van der Waals surface area contributed by atoms with E-state index in [0.717, 1.165) is 32.5 Å². The molecular formula is C16H14O5S4. The molecule has 0 saturated heterocycles. The Morgan fingerprint density at radius 1 is 0.880 bits per heavy atom. The maximum absolute atomic E-state index is 11.4. The lowest BCUT2D eigenvalue weighted by atomic mass is 10.4. The molecule has 2 rings (SSSR count). The minimum Gasteiger partial charge on any atom is -0.422 e. The van der Waals surface area contributed by atoms with E-state index in [0.29, 0.717) is 22.6 Å². The lowest BCUT2D eigenvalue weighted by Crippen LogP contribution is -2.07. The predicted octanol–water partition coefficient (Wildman–Crippen LogP) is 5.50. The first kappa shape index (κ1) is 19.8. The molecule has 0 atom stereocenters. The number of esters is 2. The Morgan fingerprint density at radius 3 is 1.64 bits per heavy atom. The van der Waals surface area contributed by atoms with Crippen molar-refractivity contribution in [1.29, 1.82) is 0 Å². The standard InChI is InChI=1S/C16H14O5S4/c1-9(2)15(17)19-11-5-13(22-7-11)24-21-25-14-6-12(8-23-14)20-16(18)10(3)4/h5-8H,1,3H2,2,4H3. The number of carbonyl (C=O) groups is 2. The van der Waals surface area contributed by atoms with Gasteiger partial charge in [0.2, 0.25) is 0 Å². The van der Waals surface area contributed by atoms with E-state index in [1.54, 1.807) is 36.7 Å². The average Bonchev–Trinajstić information content (AvgIpc) is 3.17. The molecule has 0 bridgehead atoms. The molecule has 2 aromatic heterocycles. The van der Waals surface area contributed by atoms with Gasteiger partial charge in [0.25, 0.3) is 0 Å². The van der Waals surface area contributed by atoms with Gasteiger partial charge in [-0.05, 0) is 13.8 Å². The summed E-state index contributed by atoms with van der Waals surface area (Å²) in [6, 6.07) is 3.43. The second-order valence-electron chi connectivity index (χ2n) is 4.78. The Balaban J connectivity index is 1.79. The first-order valence-electron chi connectivity index (χ1n) is 6.79. The van der Waals surface area contributed by atoms with Crippen LogP contribution < -0.4 is 9.47 Å². The number of thiophene rings is 2. The lowest BCUT2D eigenvalue weighted by Gasteiger charge is -1.99. The monoisotopic (exact) mass is 414 g/mol. The van der Waals surface area contributed by atoms with Gasteiger partial charge in [0.05, 0.1) is 32.5 Å². The smallest absolute Gasteiger partial charge is 0.338 e. The molecule has 0 aliphatic heterocycles. The maximum Gasteiger partial charge on any atom is 0.338 e. The Kier molecular flexibility index (Phi) is 7.33. The molecule has 0 spiro atoms. The van der Waals surface area contributed by atoms with Gasteiger partial charge < -0.3 is 9.47 Å². The van der Waals surface area contributed by atoms with E-state index in [1.807, 2.05) is 0 Å². The first-order valence-corrected chi connectivity index (χ1v) is 10.0. The van der Waals surface area contributed by atoms with Gasteiger partial charge in [-0.1, -0.05) is 13.2 Å². The summed E-state index contributed by atoms with van der Waals surface area (Å²) in [6.07, 6.45) is 0. The highest BCUT2D eigenvalue weighted by Gasteiger charge is 2.11. The molecule has 0 aliphatic rings. The second-order valence-corrected chi connectivity index (χ2v) is 8.87. The van der Waals surface area contributed by atoms with Gasteiger partial charge in [-0.3, -0.25) is 0 Å². The molecule has 2 heterocycles. The van der Waals surface area contributed by atoms with Crippen LogP contribution in [0, 0.1) is 0 Å². The predicted molar refractivity (Wildman–Crippen MR) is 102 cm³/mol. The van der Waals surface area contributed by atoms with Crippen molar-refractivity contribution in [2.24, 2.45) is 0 Å². The molecule has 9 heteroatoms. The van der Waals surface area contributed by atoms with Gasteiger partial charge in [0.15, 0.2) is 0 Å². The molecule has 0 N–H and O–H groups in total. The number of hydrogen-bond acceptors (Lipinski definition) is 9. The van der Waals surface area contributed by atoms with Crippen LogP contribution >= 0.6 is 46.8 Å². The van der Waals surface area contributed by atoms with Crippen LogP contribution in [0.5, 0.6) is 11.5 Å². The van der Waals surface area contributed by atoms with E-state index in [-0.39, 0.29) is 0 Å². The summed E-state index contributed by atoms with van der Waals surface area (Å²) in [5.41, 5.74) is 0.682. The molecule has 0 radical (unpaired) electrons. The van der Waals surface area contributed by atoms with Gasteiger partial charge in [-0.15, -0.1) is 22.7 Å². The molecule has 0 amide bonds. The van der Waals surface area contributed by atoms with Crippen molar-refractivity contribution < 1.29 is 22.7 Å². The van der Waals surface area contributed by atoms with Crippen molar-refractivity contribution >= 4 is 58.7 Å². The molecular weight excluding hydrogens is 400 g/mol. The molecule has 0 saturated carbocycles. The summed E-state index contributed by atoms with van der Waals surface area (Å²) >= 11 is 5.10. The zero-order chi connectivity index (χ0) is 18.4. The van der Waals surface area contributed by atoms with Crippen LogP contribution in [0.1, 0.15) is 13.8 Å². The van der Waals surface area contributed by atoms with Crippen molar-refractivity contribution in [1.82, 2.24) is 0 Å². The molecule has 0 aromatic carbocycles. The van der Waals surface area contributed by atoms with Crippen LogP contribution in [0.2, 0.25) is 0 Å². The van der Waals surface area contributed by atoms with Crippen LogP contribution in [0.3, 0.4) is 0 Å². The van der Waals surface area contributed by atoms with E-state index < -0.39 is 11.9 Å². The average molecular weight is 415 g/mol. The van der Waals surface area contributed by atoms with Crippen LogP contribution in [0.25, 0.3) is 0 Å². The fraction of sp³-hybridized carbons (Fsp3) is 0.125. The maximum atomic E-state index is 11.4. The molecule has 2 aromatic rings. The van der Waals surface area contributed by atoms with Crippen molar-refractivity contribution in [3.63, 3.8) is 0 Å². The third kappa shape index (κ3) is 6.37. The van der Waals surface area contributed by atoms with Crippen molar-refractivity contribution in [2.45, 2.75) is 22.3 Å². The summed E-state index contributed by atoms with van der Waals surface area (Å²) in [5, 5.41) is 3.44. The third-order valence-corrected chi connectivity index (χ3v) is 5.95. The highest BCUT2D eigenvalue weighted by molar-refractivity contribution is 8.09. The minimum atomic E-state index is -0.458. The topological polar surface area (TPSA) is 61.8 Å². The number of rotatable bonds is 8. The van der Waals surface area contributed by atoms with Gasteiger partial charge in [-0.2, -0.15) is 0 Å². The normalized spacial score (nSPS) is 10.3. The summed E-state index contributed by atoms with van der Waals surface area (Å²) in [4.78, 5) is 22.9. The summed E-state index contributed by atoms with van der Waals surface area (Å²) in [7, 11) is 0. The van der Waals surface area contributed by atoms with E-state index in [9.17, 15) is 9.59 Å². The van der Waals surface area contributed by atoms with E-state index in [2.05, 4.69) is 13.2 Å². The van der Waals surface area contributed by atoms with Gasteiger partial charge >= 0.3 is 11.9 Å². The number of hydrogen-bond donors (Lipinski definition) is 0. The van der Waals surface area contributed by atoms with E-state index >= 15 is 0 Å². The first-order chi connectivity index (χ1) is 11.8. The van der Waals surface area contributed by atoms with Gasteiger partial charge in [0, 0.05) is 34.0 Å². The van der Waals surface area contributed by atoms with Crippen molar-refractivity contribution in [3.8, 4) is 11.5 Å². The summed E-state index contributed by atoms with van der Waals surface area (Å²) in [6.45, 7) is 10.2. The van der Waals surface area contributed by atoms with E-state index in [1.165, 1.54) is 22.7 Å². The zero-order valence-electron chi connectivity index (χ0n) is 13.4. The molecule has 0 unspecified atom stereocenters. The zero-order valence-corrected chi connectivity index (χ0v) is 16.7. The van der Waals surface area contributed by atoms with Crippen LogP contribution in [0.4, 0.5) is 0 Å². The highest BCUT2D eigenvalue weighted by atomic mass is 32.3. The fourth-order valence-corrected chi connectivity index (χ4v) is 4.44.